The van der Waals surface area contributed by atoms with E-state index in [4.69, 9.17) is 14.2 Å². The van der Waals surface area contributed by atoms with Gasteiger partial charge in [0.05, 0.1) is 25.4 Å². The van der Waals surface area contributed by atoms with E-state index in [-0.39, 0.29) is 6.10 Å². The quantitative estimate of drug-likeness (QED) is 0.870. The van der Waals surface area contributed by atoms with Crippen molar-refractivity contribution in [3.05, 3.63) is 29.3 Å². The fourth-order valence-electron chi connectivity index (χ4n) is 2.32. The average Bonchev–Trinajstić information content (AvgIpc) is 2.47. The lowest BCUT2D eigenvalue weighted by atomic mass is 10.1. The third-order valence-corrected chi connectivity index (χ3v) is 3.51. The molecule has 1 aliphatic heterocycles. The van der Waals surface area contributed by atoms with Crippen molar-refractivity contribution in [2.45, 2.75) is 45.5 Å². The maximum atomic E-state index is 9.69. The number of ether oxygens (including phenoxy) is 3. The Morgan fingerprint density at radius 1 is 1.35 bits per heavy atom. The summed E-state index contributed by atoms with van der Waals surface area (Å²) in [4.78, 5) is 0. The highest BCUT2D eigenvalue weighted by Crippen LogP contribution is 2.25. The molecule has 0 aromatic heterocycles. The lowest BCUT2D eigenvalue weighted by Gasteiger charge is -2.23. The van der Waals surface area contributed by atoms with Crippen LogP contribution in [0.1, 0.15) is 43.9 Å². The van der Waals surface area contributed by atoms with E-state index < -0.39 is 6.10 Å². The average molecular weight is 280 g/mol. The first kappa shape index (κ1) is 15.3. The molecule has 1 N–H and O–H groups in total. The molecule has 1 aliphatic rings. The molecule has 0 bridgehead atoms. The van der Waals surface area contributed by atoms with Gasteiger partial charge in [0.15, 0.2) is 0 Å². The molecule has 2 rings (SSSR count). The molecule has 1 heterocycles. The summed E-state index contributed by atoms with van der Waals surface area (Å²) in [5.41, 5.74) is 1.88. The first-order chi connectivity index (χ1) is 9.70. The van der Waals surface area contributed by atoms with E-state index in [0.717, 1.165) is 42.9 Å². The minimum absolute atomic E-state index is 0.258. The Morgan fingerprint density at radius 2 is 2.10 bits per heavy atom. The Kier molecular flexibility index (Phi) is 5.83. The Balaban J connectivity index is 2.04. The van der Waals surface area contributed by atoms with Crippen molar-refractivity contribution < 1.29 is 19.3 Å². The highest BCUT2D eigenvalue weighted by atomic mass is 16.5. The zero-order chi connectivity index (χ0) is 14.4. The highest BCUT2D eigenvalue weighted by Gasteiger charge is 2.16. The molecule has 0 radical (unpaired) electrons. The van der Waals surface area contributed by atoms with Crippen molar-refractivity contribution in [2.24, 2.45) is 0 Å². The van der Waals surface area contributed by atoms with Crippen LogP contribution in [0.4, 0.5) is 0 Å². The summed E-state index contributed by atoms with van der Waals surface area (Å²) in [5.74, 6) is 0.837. The molecule has 0 aliphatic carbocycles. The van der Waals surface area contributed by atoms with Gasteiger partial charge in [0, 0.05) is 18.8 Å². The summed E-state index contributed by atoms with van der Waals surface area (Å²) >= 11 is 0. The molecule has 20 heavy (non-hydrogen) atoms. The van der Waals surface area contributed by atoms with E-state index in [1.807, 2.05) is 25.1 Å². The van der Waals surface area contributed by atoms with Crippen LogP contribution in [-0.4, -0.2) is 31.0 Å². The van der Waals surface area contributed by atoms with E-state index in [1.165, 1.54) is 0 Å². The minimum Gasteiger partial charge on any atom is -0.494 e. The summed E-state index contributed by atoms with van der Waals surface area (Å²) in [6.45, 7) is 6.41. The second-order valence-corrected chi connectivity index (χ2v) is 5.10. The SMILES string of the molecule is CCOc1ccc(C(C)O)cc1COC1CCOCC1. The zero-order valence-corrected chi connectivity index (χ0v) is 12.3. The summed E-state index contributed by atoms with van der Waals surface area (Å²) in [6, 6.07) is 5.77. The number of aliphatic hydroxyl groups excluding tert-OH is 1. The van der Waals surface area contributed by atoms with Gasteiger partial charge in [0.1, 0.15) is 5.75 Å². The summed E-state index contributed by atoms with van der Waals surface area (Å²) < 4.78 is 16.9. The van der Waals surface area contributed by atoms with Crippen molar-refractivity contribution in [1.82, 2.24) is 0 Å². The molecule has 0 saturated carbocycles. The molecule has 4 heteroatoms. The molecular formula is C16H24O4. The maximum Gasteiger partial charge on any atom is 0.124 e. The summed E-state index contributed by atoms with van der Waals surface area (Å²) in [5, 5.41) is 9.69. The second-order valence-electron chi connectivity index (χ2n) is 5.10. The van der Waals surface area contributed by atoms with Crippen molar-refractivity contribution >= 4 is 0 Å². The third-order valence-electron chi connectivity index (χ3n) is 3.51. The van der Waals surface area contributed by atoms with Gasteiger partial charge in [-0.15, -0.1) is 0 Å². The fraction of sp³-hybridized carbons (Fsp3) is 0.625. The van der Waals surface area contributed by atoms with Gasteiger partial charge in [-0.05, 0) is 44.4 Å². The number of rotatable bonds is 6. The predicted molar refractivity (Wildman–Crippen MR) is 76.9 cm³/mol. The molecule has 4 nitrogen and oxygen atoms in total. The van der Waals surface area contributed by atoms with Gasteiger partial charge in [0.25, 0.3) is 0 Å². The molecule has 1 saturated heterocycles. The highest BCUT2D eigenvalue weighted by molar-refractivity contribution is 5.37. The Bertz CT molecular complexity index is 411. The Hall–Kier alpha value is -1.10. The van der Waals surface area contributed by atoms with Crippen LogP contribution in [0.15, 0.2) is 18.2 Å². The largest absolute Gasteiger partial charge is 0.494 e. The van der Waals surface area contributed by atoms with Crippen LogP contribution in [0.2, 0.25) is 0 Å². The summed E-state index contributed by atoms with van der Waals surface area (Å²) in [6.07, 6.45) is 1.67. The van der Waals surface area contributed by atoms with Crippen molar-refractivity contribution in [3.63, 3.8) is 0 Å². The van der Waals surface area contributed by atoms with E-state index in [2.05, 4.69) is 0 Å². The van der Waals surface area contributed by atoms with Crippen molar-refractivity contribution in [2.75, 3.05) is 19.8 Å². The molecule has 0 amide bonds. The monoisotopic (exact) mass is 280 g/mol. The topological polar surface area (TPSA) is 47.9 Å². The predicted octanol–water partition coefficient (Wildman–Crippen LogP) is 2.83. The normalized spacial score (nSPS) is 17.9. The third kappa shape index (κ3) is 4.20. The van der Waals surface area contributed by atoms with Crippen LogP contribution < -0.4 is 4.74 Å². The number of benzene rings is 1. The Labute approximate surface area is 120 Å². The van der Waals surface area contributed by atoms with Gasteiger partial charge in [0.2, 0.25) is 0 Å². The van der Waals surface area contributed by atoms with Gasteiger partial charge in [-0.25, -0.2) is 0 Å². The molecule has 1 aromatic rings. The first-order valence-electron chi connectivity index (χ1n) is 7.33. The number of aliphatic hydroxyl groups is 1. The van der Waals surface area contributed by atoms with Gasteiger partial charge in [-0.1, -0.05) is 6.07 Å². The van der Waals surface area contributed by atoms with E-state index in [9.17, 15) is 5.11 Å². The first-order valence-corrected chi connectivity index (χ1v) is 7.33. The lowest BCUT2D eigenvalue weighted by Crippen LogP contribution is -2.23. The van der Waals surface area contributed by atoms with Crippen LogP contribution in [0.3, 0.4) is 0 Å². The zero-order valence-electron chi connectivity index (χ0n) is 12.3. The van der Waals surface area contributed by atoms with Gasteiger partial charge in [-0.3, -0.25) is 0 Å². The molecule has 1 aromatic carbocycles. The van der Waals surface area contributed by atoms with Crippen LogP contribution >= 0.6 is 0 Å². The second kappa shape index (κ2) is 7.62. The van der Waals surface area contributed by atoms with Crippen LogP contribution in [-0.2, 0) is 16.1 Å². The number of hydrogen-bond donors (Lipinski definition) is 1. The standard InChI is InChI=1S/C16H24O4/c1-3-19-16-5-4-13(12(2)17)10-14(16)11-20-15-6-8-18-9-7-15/h4-5,10,12,15,17H,3,6-9,11H2,1-2H3. The number of hydrogen-bond acceptors (Lipinski definition) is 4. The maximum absolute atomic E-state index is 9.69. The fourth-order valence-corrected chi connectivity index (χ4v) is 2.32. The van der Waals surface area contributed by atoms with Crippen molar-refractivity contribution in [1.29, 1.82) is 0 Å². The molecule has 0 spiro atoms. The Morgan fingerprint density at radius 3 is 2.75 bits per heavy atom. The van der Waals surface area contributed by atoms with Gasteiger partial charge in [-0.2, -0.15) is 0 Å². The van der Waals surface area contributed by atoms with Crippen LogP contribution in [0, 0.1) is 0 Å². The van der Waals surface area contributed by atoms with E-state index in [0.29, 0.717) is 13.2 Å². The van der Waals surface area contributed by atoms with Gasteiger partial charge >= 0.3 is 0 Å². The van der Waals surface area contributed by atoms with Crippen LogP contribution in [0.25, 0.3) is 0 Å². The molecule has 1 fully saturated rings. The summed E-state index contributed by atoms with van der Waals surface area (Å²) in [7, 11) is 0. The van der Waals surface area contributed by atoms with E-state index >= 15 is 0 Å². The molecular weight excluding hydrogens is 256 g/mol. The van der Waals surface area contributed by atoms with E-state index in [1.54, 1.807) is 6.92 Å². The smallest absolute Gasteiger partial charge is 0.124 e. The van der Waals surface area contributed by atoms with Gasteiger partial charge < -0.3 is 19.3 Å². The molecule has 112 valence electrons. The molecule has 1 atom stereocenters. The van der Waals surface area contributed by atoms with Crippen LogP contribution in [0.5, 0.6) is 5.75 Å². The molecule has 1 unspecified atom stereocenters. The van der Waals surface area contributed by atoms with Crippen molar-refractivity contribution in [3.8, 4) is 5.75 Å². The lowest BCUT2D eigenvalue weighted by molar-refractivity contribution is -0.0395. The minimum atomic E-state index is -0.479.